The molecule has 21 heavy (non-hydrogen) atoms. The van der Waals surface area contributed by atoms with E-state index in [4.69, 9.17) is 0 Å². The van der Waals surface area contributed by atoms with E-state index in [1.165, 1.54) is 11.1 Å². The number of hydrogen-bond acceptors (Lipinski definition) is 1. The zero-order valence-electron chi connectivity index (χ0n) is 11.6. The molecule has 2 heteroatoms. The molecule has 4 rings (SSSR count). The summed E-state index contributed by atoms with van der Waals surface area (Å²) >= 11 is 0. The Morgan fingerprint density at radius 3 is 2.48 bits per heavy atom. The lowest BCUT2D eigenvalue weighted by Gasteiger charge is -2.17. The van der Waals surface area contributed by atoms with E-state index in [1.54, 1.807) is 0 Å². The van der Waals surface area contributed by atoms with Gasteiger partial charge >= 0.3 is 0 Å². The number of nitrogens with one attached hydrogen (secondary N) is 1. The van der Waals surface area contributed by atoms with Crippen molar-refractivity contribution < 1.29 is 4.79 Å². The summed E-state index contributed by atoms with van der Waals surface area (Å²) in [6.45, 7) is 0. The number of Topliss-reactive ketones (excluding diaryl/α,β-unsaturated/α-hetero) is 1. The molecule has 0 saturated carbocycles. The minimum absolute atomic E-state index is 0.235. The second-order valence-electron chi connectivity index (χ2n) is 5.50. The van der Waals surface area contributed by atoms with E-state index in [9.17, 15) is 4.79 Å². The second kappa shape index (κ2) is 4.74. The van der Waals surface area contributed by atoms with Crippen molar-refractivity contribution in [2.24, 2.45) is 0 Å². The van der Waals surface area contributed by atoms with Crippen LogP contribution >= 0.6 is 0 Å². The van der Waals surface area contributed by atoms with Crippen LogP contribution in [0.5, 0.6) is 0 Å². The van der Waals surface area contributed by atoms with Gasteiger partial charge in [0.1, 0.15) is 0 Å². The van der Waals surface area contributed by atoms with E-state index in [2.05, 4.69) is 29.2 Å². The number of carbonyl (C=O) groups excluding carboxylic acids is 1. The molecule has 0 unspecified atom stereocenters. The standard InChI is InChI=1S/C19H15NO/c21-19-11-14-6-2-1-5-13(14)9-15(19)10-16-12-20-18-8-4-3-7-17(16)18/h1-8,10,12,20H,9,11H2/b15-10+. The van der Waals surface area contributed by atoms with Gasteiger partial charge in [-0.2, -0.15) is 0 Å². The molecule has 2 nitrogen and oxygen atoms in total. The van der Waals surface area contributed by atoms with Gasteiger partial charge < -0.3 is 4.98 Å². The number of H-pyrrole nitrogens is 1. The molecular formula is C19H15NO. The van der Waals surface area contributed by atoms with E-state index in [1.807, 2.05) is 36.5 Å². The Bertz CT molecular complexity index is 870. The van der Waals surface area contributed by atoms with Crippen molar-refractivity contribution in [2.45, 2.75) is 12.8 Å². The first kappa shape index (κ1) is 12.2. The third-order valence-corrected chi connectivity index (χ3v) is 4.16. The molecule has 3 aromatic rings. The number of aromatic amines is 1. The molecule has 0 amide bonds. The molecule has 1 aliphatic rings. The number of carbonyl (C=O) groups is 1. The van der Waals surface area contributed by atoms with E-state index in [0.717, 1.165) is 28.5 Å². The van der Waals surface area contributed by atoms with Gasteiger partial charge in [0.25, 0.3) is 0 Å². The Balaban J connectivity index is 1.78. The molecule has 1 aromatic heterocycles. The van der Waals surface area contributed by atoms with E-state index < -0.39 is 0 Å². The molecule has 1 N–H and O–H groups in total. The van der Waals surface area contributed by atoms with Crippen LogP contribution in [0.1, 0.15) is 16.7 Å². The van der Waals surface area contributed by atoms with Crippen molar-refractivity contribution in [3.8, 4) is 0 Å². The first-order valence-corrected chi connectivity index (χ1v) is 7.18. The Labute approximate surface area is 123 Å². The molecule has 0 spiro atoms. The zero-order chi connectivity index (χ0) is 14.2. The van der Waals surface area contributed by atoms with Gasteiger partial charge in [-0.25, -0.2) is 0 Å². The van der Waals surface area contributed by atoms with Gasteiger partial charge in [0.05, 0.1) is 0 Å². The van der Waals surface area contributed by atoms with Gasteiger partial charge in [-0.3, -0.25) is 4.79 Å². The maximum absolute atomic E-state index is 12.3. The van der Waals surface area contributed by atoms with Crippen molar-refractivity contribution in [1.29, 1.82) is 0 Å². The summed E-state index contributed by atoms with van der Waals surface area (Å²) in [5.74, 6) is 0.235. The Hall–Kier alpha value is -2.61. The smallest absolute Gasteiger partial charge is 0.163 e. The number of aromatic nitrogens is 1. The normalized spacial score (nSPS) is 16.4. The van der Waals surface area contributed by atoms with Gasteiger partial charge in [0.2, 0.25) is 0 Å². The number of para-hydroxylation sites is 1. The van der Waals surface area contributed by atoms with Crippen LogP contribution in [0, 0.1) is 0 Å². The van der Waals surface area contributed by atoms with Gasteiger partial charge in [0.15, 0.2) is 5.78 Å². The quantitative estimate of drug-likeness (QED) is 0.670. The highest BCUT2D eigenvalue weighted by Gasteiger charge is 2.20. The average Bonchev–Trinajstić information content (AvgIpc) is 2.91. The summed E-state index contributed by atoms with van der Waals surface area (Å²) in [6, 6.07) is 16.4. The summed E-state index contributed by atoms with van der Waals surface area (Å²) < 4.78 is 0. The fourth-order valence-corrected chi connectivity index (χ4v) is 3.03. The number of rotatable bonds is 1. The lowest BCUT2D eigenvalue weighted by atomic mass is 9.86. The molecule has 0 bridgehead atoms. The summed E-state index contributed by atoms with van der Waals surface area (Å²) in [4.78, 5) is 15.6. The average molecular weight is 273 g/mol. The van der Waals surface area contributed by atoms with Crippen molar-refractivity contribution in [2.75, 3.05) is 0 Å². The minimum atomic E-state index is 0.235. The van der Waals surface area contributed by atoms with Crippen molar-refractivity contribution in [3.05, 3.63) is 77.0 Å². The van der Waals surface area contributed by atoms with Gasteiger partial charge in [-0.05, 0) is 23.3 Å². The van der Waals surface area contributed by atoms with Crippen molar-refractivity contribution in [1.82, 2.24) is 4.98 Å². The van der Waals surface area contributed by atoms with Gasteiger partial charge in [-0.15, -0.1) is 0 Å². The van der Waals surface area contributed by atoms with Crippen molar-refractivity contribution >= 4 is 22.8 Å². The fraction of sp³-hybridized carbons (Fsp3) is 0.105. The number of ketones is 1. The Morgan fingerprint density at radius 2 is 1.62 bits per heavy atom. The largest absolute Gasteiger partial charge is 0.361 e. The molecule has 1 heterocycles. The highest BCUT2D eigenvalue weighted by atomic mass is 16.1. The third-order valence-electron chi connectivity index (χ3n) is 4.16. The maximum atomic E-state index is 12.3. The second-order valence-corrected chi connectivity index (χ2v) is 5.50. The van der Waals surface area contributed by atoms with Crippen LogP contribution in [0.4, 0.5) is 0 Å². The molecule has 1 aliphatic carbocycles. The highest BCUT2D eigenvalue weighted by Crippen LogP contribution is 2.26. The van der Waals surface area contributed by atoms with E-state index in [-0.39, 0.29) is 5.78 Å². The Morgan fingerprint density at radius 1 is 0.905 bits per heavy atom. The summed E-state index contributed by atoms with van der Waals surface area (Å²) in [5, 5.41) is 1.16. The predicted molar refractivity (Wildman–Crippen MR) is 85.1 cm³/mol. The predicted octanol–water partition coefficient (Wildman–Crippen LogP) is 3.92. The molecule has 0 fully saturated rings. The zero-order valence-corrected chi connectivity index (χ0v) is 11.6. The molecule has 0 atom stereocenters. The van der Waals surface area contributed by atoms with E-state index in [0.29, 0.717) is 6.42 Å². The Kier molecular flexibility index (Phi) is 2.74. The molecule has 0 radical (unpaired) electrons. The lowest BCUT2D eigenvalue weighted by molar-refractivity contribution is -0.115. The van der Waals surface area contributed by atoms with Crippen LogP contribution in [0.15, 0.2) is 60.3 Å². The van der Waals surface area contributed by atoms with Crippen LogP contribution in [-0.2, 0) is 17.6 Å². The van der Waals surface area contributed by atoms with Crippen molar-refractivity contribution in [3.63, 3.8) is 0 Å². The first-order chi connectivity index (χ1) is 10.3. The highest BCUT2D eigenvalue weighted by molar-refractivity contribution is 6.04. The third kappa shape index (κ3) is 2.09. The number of benzene rings is 2. The van der Waals surface area contributed by atoms with Gasteiger partial charge in [0, 0.05) is 41.1 Å². The molecular weight excluding hydrogens is 258 g/mol. The molecule has 0 aliphatic heterocycles. The molecule has 2 aromatic carbocycles. The number of fused-ring (bicyclic) bond motifs is 2. The van der Waals surface area contributed by atoms with Crippen LogP contribution in [0.3, 0.4) is 0 Å². The maximum Gasteiger partial charge on any atom is 0.163 e. The monoisotopic (exact) mass is 273 g/mol. The molecule has 102 valence electrons. The summed E-state index contributed by atoms with van der Waals surface area (Å²) in [5.41, 5.74) is 5.53. The topological polar surface area (TPSA) is 32.9 Å². The van der Waals surface area contributed by atoms with Crippen LogP contribution < -0.4 is 0 Å². The summed E-state index contributed by atoms with van der Waals surface area (Å²) in [6.07, 6.45) is 5.27. The lowest BCUT2D eigenvalue weighted by Crippen LogP contribution is -2.16. The van der Waals surface area contributed by atoms with Gasteiger partial charge in [-0.1, -0.05) is 42.5 Å². The minimum Gasteiger partial charge on any atom is -0.361 e. The fourth-order valence-electron chi connectivity index (χ4n) is 3.03. The van der Waals surface area contributed by atoms with Crippen LogP contribution in [0.2, 0.25) is 0 Å². The summed E-state index contributed by atoms with van der Waals surface area (Å²) in [7, 11) is 0. The van der Waals surface area contributed by atoms with Crippen LogP contribution in [-0.4, -0.2) is 10.8 Å². The first-order valence-electron chi connectivity index (χ1n) is 7.18. The molecule has 0 saturated heterocycles. The number of allylic oxidation sites excluding steroid dienone is 1. The van der Waals surface area contributed by atoms with Crippen LogP contribution in [0.25, 0.3) is 17.0 Å². The van der Waals surface area contributed by atoms with E-state index >= 15 is 0 Å². The number of hydrogen-bond donors (Lipinski definition) is 1. The SMILES string of the molecule is O=C1Cc2ccccc2C/C1=C\c1c[nH]c2ccccc12.